The standard InChI is InChI=1S/C13H15NO3S/c1-11(18(15,16)17)8-10-14-9-4-6-12-5-2-3-7-13(12)14/h2-7,9,11H,8,10H2,1H3. The molecule has 0 aliphatic heterocycles. The summed E-state index contributed by atoms with van der Waals surface area (Å²) in [6.45, 7) is 1.97. The van der Waals surface area contributed by atoms with Gasteiger partial charge < -0.3 is 4.55 Å². The summed E-state index contributed by atoms with van der Waals surface area (Å²) in [7, 11) is -4.19. The predicted molar refractivity (Wildman–Crippen MR) is 67.9 cm³/mol. The minimum atomic E-state index is -4.19. The summed E-state index contributed by atoms with van der Waals surface area (Å²) in [6.07, 6.45) is 2.22. The second-order valence-corrected chi connectivity index (χ2v) is 6.14. The van der Waals surface area contributed by atoms with E-state index in [2.05, 4.69) is 0 Å². The Morgan fingerprint density at radius 3 is 2.61 bits per heavy atom. The number of fused-ring (bicyclic) bond motifs is 1. The fourth-order valence-corrected chi connectivity index (χ4v) is 2.28. The van der Waals surface area contributed by atoms with Gasteiger partial charge in [0.05, 0.1) is 15.4 Å². The molecule has 4 nitrogen and oxygen atoms in total. The Balaban J connectivity index is 2.23. The Kier molecular flexibility index (Phi) is 3.63. The van der Waals surface area contributed by atoms with Crippen molar-refractivity contribution in [2.45, 2.75) is 25.1 Å². The van der Waals surface area contributed by atoms with E-state index in [1.165, 1.54) is 6.92 Å². The SMILES string of the molecule is CC(CC[n+]1cccc2ccccc21)S(=O)(=O)[O-]. The molecule has 1 aromatic carbocycles. The minimum Gasteiger partial charge on any atom is -0.748 e. The van der Waals surface area contributed by atoms with E-state index in [1.54, 1.807) is 0 Å². The number of para-hydroxylation sites is 1. The number of benzene rings is 1. The lowest BCUT2D eigenvalue weighted by Gasteiger charge is -2.14. The highest BCUT2D eigenvalue weighted by atomic mass is 32.2. The van der Waals surface area contributed by atoms with E-state index < -0.39 is 15.4 Å². The zero-order valence-corrected chi connectivity index (χ0v) is 10.9. The van der Waals surface area contributed by atoms with Gasteiger partial charge in [-0.2, -0.15) is 4.57 Å². The molecule has 0 bridgehead atoms. The third-order valence-electron chi connectivity index (χ3n) is 3.06. The summed E-state index contributed by atoms with van der Waals surface area (Å²) in [5.41, 5.74) is 1.04. The molecule has 1 aromatic heterocycles. The number of hydrogen-bond acceptors (Lipinski definition) is 3. The Bertz CT molecular complexity index is 647. The van der Waals surface area contributed by atoms with Gasteiger partial charge in [0, 0.05) is 23.9 Å². The van der Waals surface area contributed by atoms with Gasteiger partial charge in [0.2, 0.25) is 5.52 Å². The maximum atomic E-state index is 10.9. The van der Waals surface area contributed by atoms with Gasteiger partial charge in [-0.25, -0.2) is 8.42 Å². The van der Waals surface area contributed by atoms with Gasteiger partial charge in [-0.15, -0.1) is 0 Å². The van der Waals surface area contributed by atoms with Crippen LogP contribution in [0.4, 0.5) is 0 Å². The lowest BCUT2D eigenvalue weighted by Crippen LogP contribution is -2.36. The third kappa shape index (κ3) is 2.86. The van der Waals surface area contributed by atoms with Crippen LogP contribution in [0.2, 0.25) is 0 Å². The second kappa shape index (κ2) is 5.04. The quantitative estimate of drug-likeness (QED) is 0.621. The summed E-state index contributed by atoms with van der Waals surface area (Å²) in [5.74, 6) is 0. The van der Waals surface area contributed by atoms with Gasteiger partial charge in [-0.3, -0.25) is 0 Å². The molecule has 0 fully saturated rings. The van der Waals surface area contributed by atoms with Crippen molar-refractivity contribution in [1.29, 1.82) is 0 Å². The first-order valence-corrected chi connectivity index (χ1v) is 7.27. The first kappa shape index (κ1) is 13.0. The maximum Gasteiger partial charge on any atom is 0.212 e. The van der Waals surface area contributed by atoms with Crippen molar-refractivity contribution in [2.24, 2.45) is 0 Å². The zero-order valence-electron chi connectivity index (χ0n) is 10.1. The van der Waals surface area contributed by atoms with E-state index in [0.29, 0.717) is 13.0 Å². The highest BCUT2D eigenvalue weighted by Gasteiger charge is 2.14. The summed E-state index contributed by atoms with van der Waals surface area (Å²) in [6, 6.07) is 11.8. The molecule has 1 heterocycles. The van der Waals surface area contributed by atoms with Crippen molar-refractivity contribution in [3.63, 3.8) is 0 Å². The van der Waals surface area contributed by atoms with Crippen LogP contribution >= 0.6 is 0 Å². The summed E-state index contributed by atoms with van der Waals surface area (Å²) >= 11 is 0. The summed E-state index contributed by atoms with van der Waals surface area (Å²) < 4.78 is 34.5. The first-order chi connectivity index (χ1) is 8.48. The van der Waals surface area contributed by atoms with Crippen LogP contribution in [0, 0.1) is 0 Å². The summed E-state index contributed by atoms with van der Waals surface area (Å²) in [5, 5.41) is 0.238. The number of aryl methyl sites for hydroxylation is 1. The van der Waals surface area contributed by atoms with Gasteiger partial charge in [0.15, 0.2) is 6.20 Å². The van der Waals surface area contributed by atoms with Gasteiger partial charge in [0.1, 0.15) is 6.54 Å². The number of pyridine rings is 1. The van der Waals surface area contributed by atoms with E-state index in [1.807, 2.05) is 47.2 Å². The highest BCUT2D eigenvalue weighted by molar-refractivity contribution is 7.86. The molecule has 5 heteroatoms. The largest absolute Gasteiger partial charge is 0.748 e. The van der Waals surface area contributed by atoms with Gasteiger partial charge >= 0.3 is 0 Å². The van der Waals surface area contributed by atoms with Gasteiger partial charge in [0.25, 0.3) is 0 Å². The van der Waals surface area contributed by atoms with E-state index >= 15 is 0 Å². The third-order valence-corrected chi connectivity index (χ3v) is 4.28. The molecule has 0 amide bonds. The molecule has 2 aromatic rings. The molecule has 0 spiro atoms. The molecule has 0 saturated carbocycles. The van der Waals surface area contributed by atoms with Crippen LogP contribution in [0.1, 0.15) is 13.3 Å². The van der Waals surface area contributed by atoms with E-state index in [-0.39, 0.29) is 0 Å². The van der Waals surface area contributed by atoms with Crippen LogP contribution in [-0.4, -0.2) is 18.2 Å². The van der Waals surface area contributed by atoms with Crippen LogP contribution in [0.25, 0.3) is 10.9 Å². The fraction of sp³-hybridized carbons (Fsp3) is 0.308. The molecular weight excluding hydrogens is 250 g/mol. The Hall–Kier alpha value is -1.46. The van der Waals surface area contributed by atoms with Crippen LogP contribution in [0.15, 0.2) is 42.6 Å². The van der Waals surface area contributed by atoms with Gasteiger partial charge in [-0.1, -0.05) is 12.1 Å². The molecule has 0 aliphatic rings. The fourth-order valence-electron chi connectivity index (χ4n) is 1.88. The van der Waals surface area contributed by atoms with Crippen molar-refractivity contribution in [1.82, 2.24) is 0 Å². The topological polar surface area (TPSA) is 61.1 Å². The second-order valence-electron chi connectivity index (χ2n) is 4.35. The van der Waals surface area contributed by atoms with E-state index in [9.17, 15) is 13.0 Å². The molecule has 0 N–H and O–H groups in total. The molecule has 1 atom stereocenters. The molecule has 0 aliphatic carbocycles. The summed E-state index contributed by atoms with van der Waals surface area (Å²) in [4.78, 5) is 0. The lowest BCUT2D eigenvalue weighted by molar-refractivity contribution is -0.671. The van der Waals surface area contributed by atoms with Crippen molar-refractivity contribution < 1.29 is 17.5 Å². The van der Waals surface area contributed by atoms with Gasteiger partial charge in [-0.05, 0) is 19.1 Å². The van der Waals surface area contributed by atoms with Crippen molar-refractivity contribution >= 4 is 21.0 Å². The van der Waals surface area contributed by atoms with Crippen LogP contribution in [0.5, 0.6) is 0 Å². The Morgan fingerprint density at radius 2 is 1.89 bits per heavy atom. The monoisotopic (exact) mass is 265 g/mol. The molecule has 0 radical (unpaired) electrons. The zero-order chi connectivity index (χ0) is 13.2. The number of rotatable bonds is 4. The van der Waals surface area contributed by atoms with Crippen molar-refractivity contribution in [3.05, 3.63) is 42.6 Å². The lowest BCUT2D eigenvalue weighted by atomic mass is 10.2. The van der Waals surface area contributed by atoms with Crippen molar-refractivity contribution in [2.75, 3.05) is 0 Å². The van der Waals surface area contributed by atoms with Crippen LogP contribution < -0.4 is 4.57 Å². The molecule has 0 saturated heterocycles. The minimum absolute atomic E-state index is 0.324. The molecule has 18 heavy (non-hydrogen) atoms. The predicted octanol–water partition coefficient (Wildman–Crippen LogP) is 1.45. The maximum absolute atomic E-state index is 10.9. The van der Waals surface area contributed by atoms with Crippen LogP contribution in [-0.2, 0) is 16.7 Å². The Labute approximate surface area is 107 Å². The average Bonchev–Trinajstić information content (AvgIpc) is 2.34. The molecule has 1 unspecified atom stereocenters. The van der Waals surface area contributed by atoms with E-state index in [0.717, 1.165) is 10.9 Å². The molecular formula is C13H15NO3S. The first-order valence-electron chi connectivity index (χ1n) is 5.80. The Morgan fingerprint density at radius 1 is 1.22 bits per heavy atom. The normalized spacial score (nSPS) is 13.7. The van der Waals surface area contributed by atoms with Crippen molar-refractivity contribution in [3.8, 4) is 0 Å². The molecule has 96 valence electrons. The smallest absolute Gasteiger partial charge is 0.212 e. The molecule has 2 rings (SSSR count). The average molecular weight is 265 g/mol. The van der Waals surface area contributed by atoms with E-state index in [4.69, 9.17) is 0 Å². The number of nitrogens with zero attached hydrogens (tertiary/aromatic N) is 1. The number of hydrogen-bond donors (Lipinski definition) is 0. The number of aromatic nitrogens is 1. The van der Waals surface area contributed by atoms with Crippen LogP contribution in [0.3, 0.4) is 0 Å². The highest BCUT2D eigenvalue weighted by Crippen LogP contribution is 2.09.